The summed E-state index contributed by atoms with van der Waals surface area (Å²) in [7, 11) is 0. The van der Waals surface area contributed by atoms with Crippen LogP contribution in [0, 0.1) is 29.4 Å². The highest BCUT2D eigenvalue weighted by Crippen LogP contribution is 2.39. The maximum atomic E-state index is 13.5. The van der Waals surface area contributed by atoms with Gasteiger partial charge in [0.2, 0.25) is 0 Å². The molecule has 0 aromatic heterocycles. The number of hydrogen-bond acceptors (Lipinski definition) is 0. The van der Waals surface area contributed by atoms with Gasteiger partial charge in [-0.3, -0.25) is 0 Å². The summed E-state index contributed by atoms with van der Waals surface area (Å²) < 4.78 is 26.9. The van der Waals surface area contributed by atoms with Gasteiger partial charge in [-0.05, 0) is 67.1 Å². The van der Waals surface area contributed by atoms with Crippen molar-refractivity contribution in [3.8, 4) is 0 Å². The summed E-state index contributed by atoms with van der Waals surface area (Å²) in [6, 6.07) is 4.05. The van der Waals surface area contributed by atoms with Crippen LogP contribution in [0.15, 0.2) is 18.2 Å². The molecule has 0 unspecified atom stereocenters. The average Bonchev–Trinajstić information content (AvgIpc) is 2.72. The first-order valence-corrected chi connectivity index (χ1v) is 12.6. The van der Waals surface area contributed by atoms with Gasteiger partial charge in [0, 0.05) is 6.07 Å². The molecule has 2 heteroatoms. The lowest BCUT2D eigenvalue weighted by Gasteiger charge is -2.30. The van der Waals surface area contributed by atoms with Gasteiger partial charge in [0.15, 0.2) is 0 Å². The predicted molar refractivity (Wildman–Crippen MR) is 119 cm³/mol. The highest BCUT2D eigenvalue weighted by molar-refractivity contribution is 5.22. The fraction of sp³-hybridized carbons (Fsp3) is 0.778. The topological polar surface area (TPSA) is 0 Å². The molecule has 0 atom stereocenters. The van der Waals surface area contributed by atoms with Gasteiger partial charge in [0.1, 0.15) is 11.6 Å². The van der Waals surface area contributed by atoms with Crippen LogP contribution in [0.4, 0.5) is 8.78 Å². The lowest BCUT2D eigenvalue weighted by atomic mass is 9.76. The van der Waals surface area contributed by atoms with Gasteiger partial charge < -0.3 is 0 Å². The van der Waals surface area contributed by atoms with Gasteiger partial charge in [-0.15, -0.1) is 0 Å². The van der Waals surface area contributed by atoms with E-state index >= 15 is 0 Å². The number of halogens is 2. The summed E-state index contributed by atoms with van der Waals surface area (Å²) in [5.41, 5.74) is 0.867. The summed E-state index contributed by atoms with van der Waals surface area (Å²) in [6.07, 6.45) is 21.8. The third-order valence-corrected chi connectivity index (χ3v) is 7.86. The first-order valence-electron chi connectivity index (χ1n) is 12.6. The van der Waals surface area contributed by atoms with Crippen LogP contribution in [0.2, 0.25) is 0 Å². The Bertz CT molecular complexity index is 560. The number of rotatable bonds is 10. The maximum Gasteiger partial charge on any atom is 0.126 e. The fourth-order valence-electron chi connectivity index (χ4n) is 5.95. The van der Waals surface area contributed by atoms with Gasteiger partial charge in [0.05, 0.1) is 0 Å². The molecule has 0 heterocycles. The molecule has 0 saturated heterocycles. The minimum atomic E-state index is -0.433. The number of hydrogen-bond donors (Lipinski definition) is 0. The molecular formula is C27H42F2. The third-order valence-electron chi connectivity index (χ3n) is 7.86. The maximum absolute atomic E-state index is 13.5. The quantitative estimate of drug-likeness (QED) is 0.341. The molecular weight excluding hydrogens is 362 g/mol. The zero-order valence-corrected chi connectivity index (χ0v) is 18.6. The Hall–Kier alpha value is -0.920. The van der Waals surface area contributed by atoms with Gasteiger partial charge in [-0.2, -0.15) is 0 Å². The normalized spacial score (nSPS) is 27.8. The van der Waals surface area contributed by atoms with E-state index in [0.717, 1.165) is 42.2 Å². The summed E-state index contributed by atoms with van der Waals surface area (Å²) in [5, 5.41) is 0. The van der Waals surface area contributed by atoms with Crippen molar-refractivity contribution < 1.29 is 8.78 Å². The second kappa shape index (κ2) is 12.1. The first kappa shape index (κ1) is 22.8. The lowest BCUT2D eigenvalue weighted by molar-refractivity contribution is 0.240. The van der Waals surface area contributed by atoms with Crippen LogP contribution in [-0.4, -0.2) is 0 Å². The van der Waals surface area contributed by atoms with E-state index in [1.54, 1.807) is 0 Å². The lowest BCUT2D eigenvalue weighted by Crippen LogP contribution is -2.15. The second-order valence-electron chi connectivity index (χ2n) is 10.1. The standard InChI is InChI=1S/C27H42F2/c1-2-3-4-7-21-10-12-22(13-11-21)8-5-6-9-23-14-16-24(17-15-23)25-18-26(28)20-27(29)19-25/h18-24H,2-17H2,1H3/t21-,22-,23-,24-. The molecule has 1 aromatic carbocycles. The van der Waals surface area contributed by atoms with Crippen LogP contribution < -0.4 is 0 Å². The monoisotopic (exact) mass is 404 g/mol. The SMILES string of the molecule is CCCCC[C@H]1CC[C@H](CCCC[C@H]2CC[C@H](c3cc(F)cc(F)c3)CC2)CC1. The molecule has 0 N–H and O–H groups in total. The molecule has 2 fully saturated rings. The van der Waals surface area contributed by atoms with Crippen molar-refractivity contribution in [2.75, 3.05) is 0 Å². The number of unbranched alkanes of at least 4 members (excludes halogenated alkanes) is 3. The van der Waals surface area contributed by atoms with Crippen LogP contribution in [0.3, 0.4) is 0 Å². The zero-order chi connectivity index (χ0) is 20.5. The summed E-state index contributed by atoms with van der Waals surface area (Å²) in [5.74, 6) is 2.34. The van der Waals surface area contributed by atoms with Crippen LogP contribution in [0.1, 0.15) is 121 Å². The minimum Gasteiger partial charge on any atom is -0.207 e. The molecule has 0 bridgehead atoms. The average molecular weight is 405 g/mol. The molecule has 0 nitrogen and oxygen atoms in total. The second-order valence-corrected chi connectivity index (χ2v) is 10.1. The summed E-state index contributed by atoms with van der Waals surface area (Å²) >= 11 is 0. The van der Waals surface area contributed by atoms with Crippen molar-refractivity contribution in [2.45, 2.75) is 116 Å². The third kappa shape index (κ3) is 7.68. The summed E-state index contributed by atoms with van der Waals surface area (Å²) in [4.78, 5) is 0. The zero-order valence-electron chi connectivity index (χ0n) is 18.6. The van der Waals surface area contributed by atoms with Crippen molar-refractivity contribution in [3.05, 3.63) is 35.4 Å². The van der Waals surface area contributed by atoms with Gasteiger partial charge in [0.25, 0.3) is 0 Å². The highest BCUT2D eigenvalue weighted by atomic mass is 19.1. The van der Waals surface area contributed by atoms with E-state index < -0.39 is 11.6 Å². The molecule has 29 heavy (non-hydrogen) atoms. The van der Waals surface area contributed by atoms with E-state index in [9.17, 15) is 8.78 Å². The molecule has 1 aromatic rings. The van der Waals surface area contributed by atoms with Crippen molar-refractivity contribution in [2.24, 2.45) is 17.8 Å². The van der Waals surface area contributed by atoms with Gasteiger partial charge in [-0.25, -0.2) is 8.78 Å². The van der Waals surface area contributed by atoms with Crippen LogP contribution >= 0.6 is 0 Å². The highest BCUT2D eigenvalue weighted by Gasteiger charge is 2.24. The summed E-state index contributed by atoms with van der Waals surface area (Å²) in [6.45, 7) is 2.30. The Balaban J connectivity index is 1.25. The molecule has 2 aliphatic rings. The van der Waals surface area contributed by atoms with Crippen LogP contribution in [0.25, 0.3) is 0 Å². The smallest absolute Gasteiger partial charge is 0.126 e. The molecule has 0 aliphatic heterocycles. The van der Waals surface area contributed by atoms with E-state index in [1.165, 1.54) is 102 Å². The largest absolute Gasteiger partial charge is 0.207 e. The molecule has 0 amide bonds. The van der Waals surface area contributed by atoms with E-state index in [2.05, 4.69) is 6.92 Å². The van der Waals surface area contributed by atoms with Crippen molar-refractivity contribution in [1.29, 1.82) is 0 Å². The van der Waals surface area contributed by atoms with E-state index in [-0.39, 0.29) is 0 Å². The fourth-order valence-corrected chi connectivity index (χ4v) is 5.95. The molecule has 2 saturated carbocycles. The Labute approximate surface area is 177 Å². The van der Waals surface area contributed by atoms with E-state index in [0.29, 0.717) is 5.92 Å². The van der Waals surface area contributed by atoms with Crippen molar-refractivity contribution in [1.82, 2.24) is 0 Å². The first-order chi connectivity index (χ1) is 14.1. The molecule has 0 radical (unpaired) electrons. The molecule has 0 spiro atoms. The Kier molecular flexibility index (Phi) is 9.46. The van der Waals surface area contributed by atoms with Crippen LogP contribution in [0.5, 0.6) is 0 Å². The van der Waals surface area contributed by atoms with Crippen molar-refractivity contribution in [3.63, 3.8) is 0 Å². The van der Waals surface area contributed by atoms with Crippen molar-refractivity contribution >= 4 is 0 Å². The Morgan fingerprint density at radius 1 is 0.621 bits per heavy atom. The Morgan fingerprint density at radius 3 is 1.48 bits per heavy atom. The van der Waals surface area contributed by atoms with Gasteiger partial charge in [-0.1, -0.05) is 84.0 Å². The Morgan fingerprint density at radius 2 is 1.03 bits per heavy atom. The van der Waals surface area contributed by atoms with Gasteiger partial charge >= 0.3 is 0 Å². The predicted octanol–water partition coefficient (Wildman–Crippen LogP) is 9.19. The van der Waals surface area contributed by atoms with E-state index in [4.69, 9.17) is 0 Å². The van der Waals surface area contributed by atoms with Crippen LogP contribution in [-0.2, 0) is 0 Å². The molecule has 164 valence electrons. The minimum absolute atomic E-state index is 0.351. The number of benzene rings is 1. The molecule has 2 aliphatic carbocycles. The molecule has 3 rings (SSSR count). The van der Waals surface area contributed by atoms with E-state index in [1.807, 2.05) is 0 Å².